The van der Waals surface area contributed by atoms with Gasteiger partial charge >= 0.3 is 5.97 Å². The standard InChI is InChI=1S/C13H18O5/c1-4-13(2,16)8-18-11-7-9(17-3)5-6-10(11)12(14)15/h5-7,16H,4,8H2,1-3H3,(H,14,15). The molecule has 0 fully saturated rings. The summed E-state index contributed by atoms with van der Waals surface area (Å²) in [5, 5.41) is 18.9. The molecule has 18 heavy (non-hydrogen) atoms. The number of hydrogen-bond donors (Lipinski definition) is 2. The molecule has 0 aromatic heterocycles. The molecule has 0 aliphatic heterocycles. The van der Waals surface area contributed by atoms with Gasteiger partial charge in [-0.2, -0.15) is 0 Å². The molecule has 0 saturated carbocycles. The Morgan fingerprint density at radius 3 is 2.61 bits per heavy atom. The zero-order valence-corrected chi connectivity index (χ0v) is 10.8. The Balaban J connectivity index is 2.94. The minimum absolute atomic E-state index is 0.0247. The normalized spacial score (nSPS) is 13.8. The average molecular weight is 254 g/mol. The van der Waals surface area contributed by atoms with Gasteiger partial charge in [0.25, 0.3) is 0 Å². The second-order valence-electron chi connectivity index (χ2n) is 4.31. The summed E-state index contributed by atoms with van der Waals surface area (Å²) >= 11 is 0. The molecule has 1 atom stereocenters. The van der Waals surface area contributed by atoms with Gasteiger partial charge in [0.2, 0.25) is 0 Å². The fraction of sp³-hybridized carbons (Fsp3) is 0.462. The van der Waals surface area contributed by atoms with Gasteiger partial charge in [0, 0.05) is 6.07 Å². The maximum atomic E-state index is 11.0. The number of carboxylic acids is 1. The highest BCUT2D eigenvalue weighted by Crippen LogP contribution is 2.26. The van der Waals surface area contributed by atoms with E-state index in [2.05, 4.69) is 0 Å². The first-order valence-electron chi connectivity index (χ1n) is 5.66. The third-order valence-electron chi connectivity index (χ3n) is 2.72. The zero-order chi connectivity index (χ0) is 13.8. The summed E-state index contributed by atoms with van der Waals surface area (Å²) in [6.07, 6.45) is 0.513. The zero-order valence-electron chi connectivity index (χ0n) is 10.8. The molecule has 1 unspecified atom stereocenters. The number of ether oxygens (including phenoxy) is 2. The van der Waals surface area contributed by atoms with Crippen LogP contribution in [0.4, 0.5) is 0 Å². The maximum Gasteiger partial charge on any atom is 0.339 e. The van der Waals surface area contributed by atoms with E-state index in [0.29, 0.717) is 12.2 Å². The van der Waals surface area contributed by atoms with E-state index in [9.17, 15) is 9.90 Å². The summed E-state index contributed by atoms with van der Waals surface area (Å²) in [5.41, 5.74) is -0.943. The second kappa shape index (κ2) is 5.73. The Kier molecular flexibility index (Phi) is 4.55. The summed E-state index contributed by atoms with van der Waals surface area (Å²) < 4.78 is 10.4. The maximum absolute atomic E-state index is 11.0. The lowest BCUT2D eigenvalue weighted by Crippen LogP contribution is -2.31. The van der Waals surface area contributed by atoms with Crippen molar-refractivity contribution in [3.05, 3.63) is 23.8 Å². The second-order valence-corrected chi connectivity index (χ2v) is 4.31. The van der Waals surface area contributed by atoms with Crippen molar-refractivity contribution in [3.63, 3.8) is 0 Å². The van der Waals surface area contributed by atoms with Crippen LogP contribution in [0.5, 0.6) is 11.5 Å². The molecule has 0 aliphatic carbocycles. The lowest BCUT2D eigenvalue weighted by atomic mass is 10.1. The topological polar surface area (TPSA) is 76.0 Å². The number of aromatic carboxylic acids is 1. The predicted molar refractivity (Wildman–Crippen MR) is 66.4 cm³/mol. The first kappa shape index (κ1) is 14.3. The van der Waals surface area contributed by atoms with E-state index in [-0.39, 0.29) is 17.9 Å². The lowest BCUT2D eigenvalue weighted by Gasteiger charge is -2.22. The van der Waals surface area contributed by atoms with Gasteiger partial charge in [-0.25, -0.2) is 4.79 Å². The molecule has 0 bridgehead atoms. The van der Waals surface area contributed by atoms with Crippen LogP contribution in [0.3, 0.4) is 0 Å². The average Bonchev–Trinajstić information content (AvgIpc) is 2.36. The quantitative estimate of drug-likeness (QED) is 0.811. The Bertz CT molecular complexity index is 425. The minimum Gasteiger partial charge on any atom is -0.497 e. The highest BCUT2D eigenvalue weighted by Gasteiger charge is 2.20. The van der Waals surface area contributed by atoms with Gasteiger partial charge in [0.1, 0.15) is 23.7 Å². The molecule has 0 heterocycles. The fourth-order valence-electron chi connectivity index (χ4n) is 1.26. The largest absolute Gasteiger partial charge is 0.497 e. The molecule has 5 nitrogen and oxygen atoms in total. The molecule has 1 rings (SSSR count). The fourth-order valence-corrected chi connectivity index (χ4v) is 1.26. The molecule has 5 heteroatoms. The third kappa shape index (κ3) is 3.63. The third-order valence-corrected chi connectivity index (χ3v) is 2.72. The highest BCUT2D eigenvalue weighted by molar-refractivity contribution is 5.91. The minimum atomic E-state index is -1.08. The van der Waals surface area contributed by atoms with Crippen molar-refractivity contribution < 1.29 is 24.5 Å². The van der Waals surface area contributed by atoms with E-state index in [1.54, 1.807) is 13.0 Å². The molecule has 1 aromatic rings. The van der Waals surface area contributed by atoms with Gasteiger partial charge in [-0.1, -0.05) is 6.92 Å². The molecule has 0 aliphatic rings. The van der Waals surface area contributed by atoms with Crippen LogP contribution in [-0.2, 0) is 0 Å². The van der Waals surface area contributed by atoms with E-state index < -0.39 is 11.6 Å². The van der Waals surface area contributed by atoms with Crippen molar-refractivity contribution in [2.24, 2.45) is 0 Å². The van der Waals surface area contributed by atoms with Crippen molar-refractivity contribution in [2.75, 3.05) is 13.7 Å². The van der Waals surface area contributed by atoms with Crippen LogP contribution in [-0.4, -0.2) is 35.5 Å². The van der Waals surface area contributed by atoms with Crippen molar-refractivity contribution in [3.8, 4) is 11.5 Å². The van der Waals surface area contributed by atoms with Crippen molar-refractivity contribution in [2.45, 2.75) is 25.9 Å². The monoisotopic (exact) mass is 254 g/mol. The molecule has 0 amide bonds. The Morgan fingerprint density at radius 1 is 1.44 bits per heavy atom. The van der Waals surface area contributed by atoms with E-state index in [4.69, 9.17) is 14.6 Å². The molecule has 100 valence electrons. The van der Waals surface area contributed by atoms with Crippen molar-refractivity contribution in [1.29, 1.82) is 0 Å². The number of benzene rings is 1. The van der Waals surface area contributed by atoms with E-state index in [1.807, 2.05) is 6.92 Å². The van der Waals surface area contributed by atoms with Crippen LogP contribution in [0.25, 0.3) is 0 Å². The highest BCUT2D eigenvalue weighted by atomic mass is 16.5. The summed E-state index contributed by atoms with van der Waals surface area (Å²) in [6.45, 7) is 3.48. The van der Waals surface area contributed by atoms with Gasteiger partial charge < -0.3 is 19.7 Å². The van der Waals surface area contributed by atoms with Crippen molar-refractivity contribution in [1.82, 2.24) is 0 Å². The van der Waals surface area contributed by atoms with E-state index in [1.165, 1.54) is 19.2 Å². The van der Waals surface area contributed by atoms with Gasteiger partial charge in [-0.05, 0) is 25.5 Å². The summed E-state index contributed by atoms with van der Waals surface area (Å²) in [6, 6.07) is 4.46. The molecular weight excluding hydrogens is 236 g/mol. The first-order chi connectivity index (χ1) is 8.39. The van der Waals surface area contributed by atoms with Crippen molar-refractivity contribution >= 4 is 5.97 Å². The predicted octanol–water partition coefficient (Wildman–Crippen LogP) is 1.93. The summed E-state index contributed by atoms with van der Waals surface area (Å²) in [5.74, 6) is -0.384. The van der Waals surface area contributed by atoms with E-state index in [0.717, 1.165) is 0 Å². The number of carbonyl (C=O) groups is 1. The summed E-state index contributed by atoms with van der Waals surface area (Å²) in [7, 11) is 1.49. The Morgan fingerprint density at radius 2 is 2.11 bits per heavy atom. The number of hydrogen-bond acceptors (Lipinski definition) is 4. The smallest absolute Gasteiger partial charge is 0.339 e. The van der Waals surface area contributed by atoms with E-state index >= 15 is 0 Å². The number of methoxy groups -OCH3 is 1. The van der Waals surface area contributed by atoms with Gasteiger partial charge in [0.15, 0.2) is 0 Å². The Labute approximate surface area is 106 Å². The van der Waals surface area contributed by atoms with Crippen LogP contribution < -0.4 is 9.47 Å². The number of aliphatic hydroxyl groups is 1. The first-order valence-corrected chi connectivity index (χ1v) is 5.66. The van der Waals surface area contributed by atoms with Gasteiger partial charge in [-0.15, -0.1) is 0 Å². The van der Waals surface area contributed by atoms with Crippen LogP contribution in [0.2, 0.25) is 0 Å². The lowest BCUT2D eigenvalue weighted by molar-refractivity contribution is 0.00782. The number of carboxylic acid groups (broad SMARTS) is 1. The summed E-state index contributed by atoms with van der Waals surface area (Å²) in [4.78, 5) is 11.0. The molecule has 2 N–H and O–H groups in total. The van der Waals surface area contributed by atoms with Gasteiger partial charge in [-0.3, -0.25) is 0 Å². The van der Waals surface area contributed by atoms with Crippen LogP contribution in [0.1, 0.15) is 30.6 Å². The molecule has 1 aromatic carbocycles. The molecule has 0 spiro atoms. The Hall–Kier alpha value is -1.75. The van der Waals surface area contributed by atoms with Crippen LogP contribution in [0, 0.1) is 0 Å². The van der Waals surface area contributed by atoms with Gasteiger partial charge in [0.05, 0.1) is 12.7 Å². The molecule has 0 radical (unpaired) electrons. The van der Waals surface area contributed by atoms with Crippen LogP contribution >= 0.6 is 0 Å². The molecule has 0 saturated heterocycles. The molecular formula is C13H18O5. The SMILES string of the molecule is CCC(C)(O)COc1cc(OC)ccc1C(=O)O. The number of rotatable bonds is 6. The van der Waals surface area contributed by atoms with Crippen LogP contribution in [0.15, 0.2) is 18.2 Å².